The van der Waals surface area contributed by atoms with E-state index in [0.29, 0.717) is 32.9 Å². The molecule has 1 aliphatic heterocycles. The van der Waals surface area contributed by atoms with Crippen LogP contribution < -0.4 is 11.1 Å². The Morgan fingerprint density at radius 1 is 0.933 bits per heavy atom. The van der Waals surface area contributed by atoms with E-state index in [9.17, 15) is 19.2 Å². The number of carboxylic acids is 1. The van der Waals surface area contributed by atoms with E-state index in [-0.39, 0.29) is 39.6 Å². The molecule has 6 N–H and O–H groups in total. The maximum atomic E-state index is 10.9. The van der Waals surface area contributed by atoms with Gasteiger partial charge in [-0.2, -0.15) is 0 Å². The molecule has 1 aliphatic rings. The Morgan fingerprint density at radius 3 is 1.93 bits per heavy atom. The molecule has 14 heteroatoms. The van der Waals surface area contributed by atoms with Gasteiger partial charge in [-0.05, 0) is 0 Å². The van der Waals surface area contributed by atoms with Gasteiger partial charge >= 0.3 is 17.9 Å². The van der Waals surface area contributed by atoms with Gasteiger partial charge in [-0.15, -0.1) is 0 Å². The monoisotopic (exact) mass is 442 g/mol. The summed E-state index contributed by atoms with van der Waals surface area (Å²) in [6.07, 6.45) is 0. The van der Waals surface area contributed by atoms with E-state index < -0.39 is 30.4 Å². The van der Waals surface area contributed by atoms with Gasteiger partial charge in [0.05, 0.1) is 39.6 Å². The van der Waals surface area contributed by atoms with E-state index in [4.69, 9.17) is 30.5 Å². The van der Waals surface area contributed by atoms with E-state index in [1.807, 2.05) is 0 Å². The maximum Gasteiger partial charge on any atom is 0.339 e. The molecule has 0 unspecified atom stereocenters. The average molecular weight is 442 g/mol. The number of carbonyl (C=O) groups excluding carboxylic acids is 3. The van der Waals surface area contributed by atoms with Crippen molar-refractivity contribution >= 4 is 23.8 Å². The number of rotatable bonds is 13. The minimum atomic E-state index is -1.12. The number of nitrogens with two attached hydrogens (primary N) is 1. The summed E-state index contributed by atoms with van der Waals surface area (Å²) >= 11 is 0. The predicted molar refractivity (Wildman–Crippen MR) is 98.2 cm³/mol. The van der Waals surface area contributed by atoms with Gasteiger partial charge in [0.25, 0.3) is 0 Å². The van der Waals surface area contributed by atoms with Crippen LogP contribution in [0.25, 0.3) is 0 Å². The molecular weight excluding hydrogens is 412 g/mol. The van der Waals surface area contributed by atoms with Crippen LogP contribution >= 0.6 is 0 Å². The molecule has 0 radical (unpaired) electrons. The fraction of sp³-hybridized carbons (Fsp3) is 0.750. The first-order valence-corrected chi connectivity index (χ1v) is 8.82. The first kappa shape index (κ1) is 30.0. The minimum Gasteiger partial charge on any atom is -0.480 e. The SMILES string of the molecule is NCCOCCO.O=C(O)COCC(=O)NCCOCCO.O=C1COCC(=O)O1. The lowest BCUT2D eigenvalue weighted by molar-refractivity contribution is -0.174. The van der Waals surface area contributed by atoms with Crippen LogP contribution in [0.1, 0.15) is 0 Å². The Kier molecular flexibility index (Phi) is 23.1. The summed E-state index contributed by atoms with van der Waals surface area (Å²) in [6.45, 7) is 1.33. The third kappa shape index (κ3) is 25.8. The fourth-order valence-corrected chi connectivity index (χ4v) is 1.36. The van der Waals surface area contributed by atoms with Crippen LogP contribution in [0.3, 0.4) is 0 Å². The largest absolute Gasteiger partial charge is 0.480 e. The first-order chi connectivity index (χ1) is 14.4. The average Bonchev–Trinajstić information content (AvgIpc) is 2.69. The highest BCUT2D eigenvalue weighted by molar-refractivity contribution is 5.88. The fourth-order valence-electron chi connectivity index (χ4n) is 1.36. The van der Waals surface area contributed by atoms with Crippen LogP contribution in [-0.4, -0.2) is 118 Å². The number of aliphatic carboxylic acids is 1. The number of hydrogen-bond acceptors (Lipinski definition) is 12. The van der Waals surface area contributed by atoms with Gasteiger partial charge in [0.2, 0.25) is 5.91 Å². The standard InChI is InChI=1S/C8H15NO6.C4H11NO2.C4H4O4/c10-2-4-14-3-1-9-7(11)5-15-6-8(12)13;5-1-3-7-4-2-6;5-3-1-7-2-4(6)8-3/h10H,1-6H2,(H,9,11)(H,12,13);6H,1-5H2;1-2H2. The van der Waals surface area contributed by atoms with E-state index >= 15 is 0 Å². The van der Waals surface area contributed by atoms with Crippen molar-refractivity contribution in [3.63, 3.8) is 0 Å². The minimum absolute atomic E-state index is 0.0599. The van der Waals surface area contributed by atoms with Crippen molar-refractivity contribution in [3.05, 3.63) is 0 Å². The van der Waals surface area contributed by atoms with E-state index in [2.05, 4.69) is 19.5 Å². The first-order valence-electron chi connectivity index (χ1n) is 8.82. The van der Waals surface area contributed by atoms with Gasteiger partial charge in [0, 0.05) is 13.1 Å². The van der Waals surface area contributed by atoms with Gasteiger partial charge in [0.1, 0.15) is 26.4 Å². The number of esters is 2. The molecule has 0 aliphatic carbocycles. The molecule has 0 atom stereocenters. The van der Waals surface area contributed by atoms with Crippen LogP contribution in [0.15, 0.2) is 0 Å². The highest BCUT2D eigenvalue weighted by atomic mass is 16.6. The molecule has 0 aromatic rings. The molecule has 1 saturated heterocycles. The molecule has 30 heavy (non-hydrogen) atoms. The number of carboxylic acid groups (broad SMARTS) is 1. The lowest BCUT2D eigenvalue weighted by Gasteiger charge is -2.07. The van der Waals surface area contributed by atoms with Crippen molar-refractivity contribution < 1.29 is 58.2 Å². The number of ether oxygens (including phenoxy) is 5. The zero-order valence-electron chi connectivity index (χ0n) is 16.6. The van der Waals surface area contributed by atoms with Crippen molar-refractivity contribution in [2.45, 2.75) is 0 Å². The molecule has 0 aromatic heterocycles. The molecule has 0 aromatic carbocycles. The maximum absolute atomic E-state index is 10.9. The topological polar surface area (TPSA) is 213 Å². The number of aliphatic hydroxyl groups excluding tert-OH is 2. The van der Waals surface area contributed by atoms with Crippen molar-refractivity contribution in [1.82, 2.24) is 5.32 Å². The molecule has 176 valence electrons. The van der Waals surface area contributed by atoms with Gasteiger partial charge in [0.15, 0.2) is 0 Å². The van der Waals surface area contributed by atoms with Crippen molar-refractivity contribution in [2.24, 2.45) is 5.73 Å². The smallest absolute Gasteiger partial charge is 0.339 e. The Hall–Kier alpha value is -2.20. The summed E-state index contributed by atoms with van der Waals surface area (Å²) in [5.74, 6) is -2.74. The number of nitrogens with one attached hydrogen (secondary N) is 1. The van der Waals surface area contributed by atoms with Crippen molar-refractivity contribution in [2.75, 3.05) is 79.2 Å². The Labute approximate surface area is 173 Å². The molecular formula is C16H30N2O12. The Bertz CT molecular complexity index is 457. The highest BCUT2D eigenvalue weighted by Gasteiger charge is 2.16. The number of amides is 1. The van der Waals surface area contributed by atoms with Crippen molar-refractivity contribution in [1.29, 1.82) is 0 Å². The van der Waals surface area contributed by atoms with Crippen LogP contribution in [0.4, 0.5) is 0 Å². The summed E-state index contributed by atoms with van der Waals surface area (Å²) in [4.78, 5) is 41.1. The number of cyclic esters (lactones) is 2. The lowest BCUT2D eigenvalue weighted by Crippen LogP contribution is -2.31. The second-order valence-electron chi connectivity index (χ2n) is 5.04. The quantitative estimate of drug-likeness (QED) is 0.105. The summed E-state index contributed by atoms with van der Waals surface area (Å²) in [7, 11) is 0. The summed E-state index contributed by atoms with van der Waals surface area (Å²) in [5, 5.41) is 27.1. The van der Waals surface area contributed by atoms with E-state index in [1.165, 1.54) is 0 Å². The second kappa shape index (κ2) is 23.1. The Balaban J connectivity index is 0. The molecule has 0 saturated carbocycles. The van der Waals surface area contributed by atoms with Gasteiger partial charge in [-0.25, -0.2) is 14.4 Å². The van der Waals surface area contributed by atoms with Crippen LogP contribution in [-0.2, 0) is 42.9 Å². The third-order valence-electron chi connectivity index (χ3n) is 2.43. The summed E-state index contributed by atoms with van der Waals surface area (Å²) in [5.41, 5.74) is 5.06. The number of aliphatic hydroxyl groups is 2. The van der Waals surface area contributed by atoms with Gasteiger partial charge in [-0.1, -0.05) is 0 Å². The molecule has 1 rings (SSSR count). The zero-order chi connectivity index (χ0) is 23.0. The number of carbonyl (C=O) groups is 4. The van der Waals surface area contributed by atoms with Crippen LogP contribution in [0, 0.1) is 0 Å². The summed E-state index contributed by atoms with van der Waals surface area (Å²) in [6, 6.07) is 0. The van der Waals surface area contributed by atoms with Gasteiger partial charge < -0.3 is 50.1 Å². The van der Waals surface area contributed by atoms with Crippen LogP contribution in [0.5, 0.6) is 0 Å². The molecule has 0 spiro atoms. The Morgan fingerprint density at radius 2 is 1.50 bits per heavy atom. The van der Waals surface area contributed by atoms with Gasteiger partial charge in [-0.3, -0.25) is 4.79 Å². The van der Waals surface area contributed by atoms with E-state index in [1.54, 1.807) is 0 Å². The van der Waals surface area contributed by atoms with E-state index in [0.717, 1.165) is 0 Å². The molecule has 1 fully saturated rings. The van der Waals surface area contributed by atoms with Crippen LogP contribution in [0.2, 0.25) is 0 Å². The zero-order valence-corrected chi connectivity index (χ0v) is 16.6. The summed E-state index contributed by atoms with van der Waals surface area (Å²) < 4.78 is 22.7. The lowest BCUT2D eigenvalue weighted by atomic mass is 10.6. The molecule has 1 amide bonds. The molecule has 14 nitrogen and oxygen atoms in total. The normalized spacial score (nSPS) is 12.6. The molecule has 0 bridgehead atoms. The second-order valence-corrected chi connectivity index (χ2v) is 5.04. The predicted octanol–water partition coefficient (Wildman–Crippen LogP) is -3.75. The van der Waals surface area contributed by atoms with Crippen molar-refractivity contribution in [3.8, 4) is 0 Å². The highest BCUT2D eigenvalue weighted by Crippen LogP contribution is 1.91. The number of hydrogen-bond donors (Lipinski definition) is 5. The molecule has 1 heterocycles. The third-order valence-corrected chi connectivity index (χ3v) is 2.43.